The molecule has 0 aliphatic carbocycles. The number of anilines is 1. The van der Waals surface area contributed by atoms with E-state index in [1.807, 2.05) is 24.0 Å². The standard InChI is InChI=1S/C16H22N2O2/c1-3-5-10-18(4-2)16(20)13-6-8-14-12(11-13)7-9-15(19)17-14/h6,8,11H,3-5,7,9-10H2,1-2H3,(H,17,19). The Bertz CT molecular complexity index is 511. The van der Waals surface area contributed by atoms with Crippen molar-refractivity contribution in [2.75, 3.05) is 18.4 Å². The number of carbonyl (C=O) groups excluding carboxylic acids is 2. The summed E-state index contributed by atoms with van der Waals surface area (Å²) < 4.78 is 0. The van der Waals surface area contributed by atoms with Gasteiger partial charge in [0.15, 0.2) is 0 Å². The van der Waals surface area contributed by atoms with Crippen LogP contribution in [0.3, 0.4) is 0 Å². The number of hydrogen-bond donors (Lipinski definition) is 1. The quantitative estimate of drug-likeness (QED) is 0.897. The highest BCUT2D eigenvalue weighted by molar-refractivity contribution is 5.97. The van der Waals surface area contributed by atoms with E-state index in [9.17, 15) is 9.59 Å². The lowest BCUT2D eigenvalue weighted by molar-refractivity contribution is -0.116. The van der Waals surface area contributed by atoms with Crippen LogP contribution in [0.5, 0.6) is 0 Å². The zero-order valence-corrected chi connectivity index (χ0v) is 12.2. The van der Waals surface area contributed by atoms with Gasteiger partial charge in [0.1, 0.15) is 0 Å². The fourth-order valence-corrected chi connectivity index (χ4v) is 2.45. The Hall–Kier alpha value is -1.84. The molecule has 1 aliphatic rings. The predicted octanol–water partition coefficient (Wildman–Crippen LogP) is 2.83. The predicted molar refractivity (Wildman–Crippen MR) is 79.9 cm³/mol. The Balaban J connectivity index is 2.16. The van der Waals surface area contributed by atoms with E-state index in [1.165, 1.54) is 0 Å². The number of unbranched alkanes of at least 4 members (excludes halogenated alkanes) is 1. The number of fused-ring (bicyclic) bond motifs is 1. The first-order valence-corrected chi connectivity index (χ1v) is 7.37. The zero-order valence-electron chi connectivity index (χ0n) is 12.2. The minimum absolute atomic E-state index is 0.0507. The molecule has 0 atom stereocenters. The van der Waals surface area contributed by atoms with Gasteiger partial charge in [-0.2, -0.15) is 0 Å². The van der Waals surface area contributed by atoms with E-state index in [-0.39, 0.29) is 11.8 Å². The summed E-state index contributed by atoms with van der Waals surface area (Å²) in [7, 11) is 0. The molecule has 108 valence electrons. The zero-order chi connectivity index (χ0) is 14.5. The Morgan fingerprint density at radius 2 is 2.10 bits per heavy atom. The smallest absolute Gasteiger partial charge is 0.253 e. The first-order valence-electron chi connectivity index (χ1n) is 7.37. The van der Waals surface area contributed by atoms with Gasteiger partial charge >= 0.3 is 0 Å². The van der Waals surface area contributed by atoms with Gasteiger partial charge in [-0.05, 0) is 43.5 Å². The number of benzene rings is 1. The normalized spacial score (nSPS) is 13.6. The van der Waals surface area contributed by atoms with E-state index < -0.39 is 0 Å². The molecule has 0 spiro atoms. The van der Waals surface area contributed by atoms with E-state index in [1.54, 1.807) is 6.07 Å². The van der Waals surface area contributed by atoms with Gasteiger partial charge in [0, 0.05) is 30.8 Å². The van der Waals surface area contributed by atoms with E-state index in [0.717, 1.165) is 42.7 Å². The summed E-state index contributed by atoms with van der Waals surface area (Å²) in [6.07, 6.45) is 3.32. The molecule has 0 fully saturated rings. The van der Waals surface area contributed by atoms with E-state index >= 15 is 0 Å². The van der Waals surface area contributed by atoms with Crippen molar-refractivity contribution in [2.24, 2.45) is 0 Å². The summed E-state index contributed by atoms with van der Waals surface area (Å²) in [4.78, 5) is 25.7. The molecule has 4 heteroatoms. The van der Waals surface area contributed by atoms with Gasteiger partial charge in [0.2, 0.25) is 5.91 Å². The molecule has 20 heavy (non-hydrogen) atoms. The number of nitrogens with zero attached hydrogens (tertiary/aromatic N) is 1. The van der Waals surface area contributed by atoms with Gasteiger partial charge in [0.25, 0.3) is 5.91 Å². The molecule has 4 nitrogen and oxygen atoms in total. The second-order valence-electron chi connectivity index (χ2n) is 5.16. The first kappa shape index (κ1) is 14.6. The van der Waals surface area contributed by atoms with Gasteiger partial charge in [-0.3, -0.25) is 9.59 Å². The van der Waals surface area contributed by atoms with Gasteiger partial charge in [-0.15, -0.1) is 0 Å². The number of amides is 2. The number of carbonyl (C=O) groups is 2. The molecule has 0 aromatic heterocycles. The SMILES string of the molecule is CCCCN(CC)C(=O)c1ccc2c(c1)CCC(=O)N2. The number of hydrogen-bond acceptors (Lipinski definition) is 2. The summed E-state index contributed by atoms with van der Waals surface area (Å²) in [5.74, 6) is 0.135. The Morgan fingerprint density at radius 1 is 1.30 bits per heavy atom. The molecule has 0 bridgehead atoms. The van der Waals surface area contributed by atoms with Gasteiger partial charge < -0.3 is 10.2 Å². The van der Waals surface area contributed by atoms with Crippen LogP contribution in [0.15, 0.2) is 18.2 Å². The second-order valence-corrected chi connectivity index (χ2v) is 5.16. The van der Waals surface area contributed by atoms with Crippen LogP contribution in [0, 0.1) is 0 Å². The summed E-state index contributed by atoms with van der Waals surface area (Å²) in [6.45, 7) is 5.67. The van der Waals surface area contributed by atoms with Crippen molar-refractivity contribution in [3.05, 3.63) is 29.3 Å². The van der Waals surface area contributed by atoms with Crippen molar-refractivity contribution in [2.45, 2.75) is 39.5 Å². The topological polar surface area (TPSA) is 49.4 Å². The van der Waals surface area contributed by atoms with Crippen LogP contribution in [0.2, 0.25) is 0 Å². The lowest BCUT2D eigenvalue weighted by atomic mass is 10.00. The molecular formula is C16H22N2O2. The third-order valence-electron chi connectivity index (χ3n) is 3.70. The third kappa shape index (κ3) is 3.18. The Morgan fingerprint density at radius 3 is 2.80 bits per heavy atom. The maximum Gasteiger partial charge on any atom is 0.253 e. The lowest BCUT2D eigenvalue weighted by Gasteiger charge is -2.22. The van der Waals surface area contributed by atoms with Crippen molar-refractivity contribution in [1.29, 1.82) is 0 Å². The van der Waals surface area contributed by atoms with E-state index in [4.69, 9.17) is 0 Å². The van der Waals surface area contributed by atoms with Crippen LogP contribution in [-0.4, -0.2) is 29.8 Å². The molecule has 1 N–H and O–H groups in total. The average Bonchev–Trinajstić information content (AvgIpc) is 2.47. The maximum atomic E-state index is 12.5. The largest absolute Gasteiger partial charge is 0.339 e. The van der Waals surface area contributed by atoms with Crippen molar-refractivity contribution in [1.82, 2.24) is 4.90 Å². The summed E-state index contributed by atoms with van der Waals surface area (Å²) >= 11 is 0. The van der Waals surface area contributed by atoms with Crippen LogP contribution >= 0.6 is 0 Å². The molecule has 0 unspecified atom stereocenters. The minimum atomic E-state index is 0.0507. The van der Waals surface area contributed by atoms with Gasteiger partial charge in [0.05, 0.1) is 0 Å². The highest BCUT2D eigenvalue weighted by Gasteiger charge is 2.18. The maximum absolute atomic E-state index is 12.5. The van der Waals surface area contributed by atoms with Crippen molar-refractivity contribution in [3.63, 3.8) is 0 Å². The Labute approximate surface area is 120 Å². The van der Waals surface area contributed by atoms with Gasteiger partial charge in [-0.1, -0.05) is 13.3 Å². The summed E-state index contributed by atoms with van der Waals surface area (Å²) in [6, 6.07) is 5.57. The average molecular weight is 274 g/mol. The van der Waals surface area contributed by atoms with Crippen LogP contribution in [-0.2, 0) is 11.2 Å². The highest BCUT2D eigenvalue weighted by atomic mass is 16.2. The molecule has 1 heterocycles. The molecular weight excluding hydrogens is 252 g/mol. The molecule has 0 radical (unpaired) electrons. The Kier molecular flexibility index (Phi) is 4.77. The second kappa shape index (κ2) is 6.55. The first-order chi connectivity index (χ1) is 9.65. The molecule has 0 saturated carbocycles. The van der Waals surface area contributed by atoms with Crippen molar-refractivity contribution in [3.8, 4) is 0 Å². The third-order valence-corrected chi connectivity index (χ3v) is 3.70. The molecule has 1 aromatic carbocycles. The van der Waals surface area contributed by atoms with E-state index in [2.05, 4.69) is 12.2 Å². The monoisotopic (exact) mass is 274 g/mol. The molecule has 2 rings (SSSR count). The summed E-state index contributed by atoms with van der Waals surface area (Å²) in [5.41, 5.74) is 2.62. The van der Waals surface area contributed by atoms with Crippen LogP contribution in [0.4, 0.5) is 5.69 Å². The number of nitrogens with one attached hydrogen (secondary N) is 1. The van der Waals surface area contributed by atoms with Crippen molar-refractivity contribution >= 4 is 17.5 Å². The molecule has 0 saturated heterocycles. The number of rotatable bonds is 5. The van der Waals surface area contributed by atoms with Crippen LogP contribution in [0.1, 0.15) is 49.0 Å². The highest BCUT2D eigenvalue weighted by Crippen LogP contribution is 2.24. The van der Waals surface area contributed by atoms with Crippen molar-refractivity contribution < 1.29 is 9.59 Å². The summed E-state index contributed by atoms with van der Waals surface area (Å²) in [5, 5.41) is 2.84. The molecule has 2 amide bonds. The minimum Gasteiger partial charge on any atom is -0.339 e. The fraction of sp³-hybridized carbons (Fsp3) is 0.500. The van der Waals surface area contributed by atoms with Gasteiger partial charge in [-0.25, -0.2) is 0 Å². The lowest BCUT2D eigenvalue weighted by Crippen LogP contribution is -2.32. The van der Waals surface area contributed by atoms with Crippen LogP contribution in [0.25, 0.3) is 0 Å². The fourth-order valence-electron chi connectivity index (χ4n) is 2.45. The molecule has 1 aliphatic heterocycles. The molecule has 1 aromatic rings. The van der Waals surface area contributed by atoms with Crippen LogP contribution < -0.4 is 5.32 Å². The van der Waals surface area contributed by atoms with E-state index in [0.29, 0.717) is 12.8 Å². The number of aryl methyl sites for hydroxylation is 1.